The van der Waals surface area contributed by atoms with Crippen LogP contribution >= 0.6 is 0 Å². The van der Waals surface area contributed by atoms with Gasteiger partial charge in [0.25, 0.3) is 0 Å². The second-order valence-electron chi connectivity index (χ2n) is 7.22. The van der Waals surface area contributed by atoms with Crippen molar-refractivity contribution in [2.45, 2.75) is 77.8 Å². The minimum atomic E-state index is -0.797. The van der Waals surface area contributed by atoms with Crippen LogP contribution in [0, 0.1) is 11.8 Å². The predicted octanol–water partition coefficient (Wildman–Crippen LogP) is 4.37. The summed E-state index contributed by atoms with van der Waals surface area (Å²) in [5.74, 6) is 5.98. The van der Waals surface area contributed by atoms with Gasteiger partial charge in [-0.05, 0) is 55.4 Å². The van der Waals surface area contributed by atoms with E-state index >= 15 is 0 Å². The molecular weight excluding hydrogens is 280 g/mol. The highest BCUT2D eigenvalue weighted by molar-refractivity contribution is 5.17. The zero-order valence-corrected chi connectivity index (χ0v) is 15.2. The van der Waals surface area contributed by atoms with Crippen LogP contribution in [0.1, 0.15) is 55.4 Å². The zero-order valence-electron chi connectivity index (χ0n) is 15.2. The molecule has 0 aromatic carbocycles. The molecule has 0 amide bonds. The van der Waals surface area contributed by atoms with Crippen LogP contribution < -0.4 is 0 Å². The Labute approximate surface area is 135 Å². The van der Waals surface area contributed by atoms with Gasteiger partial charge in [-0.25, -0.2) is 19.6 Å². The van der Waals surface area contributed by atoms with E-state index in [1.165, 1.54) is 0 Å². The number of rotatable bonds is 8. The summed E-state index contributed by atoms with van der Waals surface area (Å²) >= 11 is 0. The molecule has 0 N–H and O–H groups in total. The average Bonchev–Trinajstić information content (AvgIpc) is 2.42. The van der Waals surface area contributed by atoms with Crippen molar-refractivity contribution < 1.29 is 19.6 Å². The molecule has 22 heavy (non-hydrogen) atoms. The summed E-state index contributed by atoms with van der Waals surface area (Å²) < 4.78 is 0. The average molecular weight is 310 g/mol. The lowest BCUT2D eigenvalue weighted by atomic mass is 10.1. The molecule has 126 valence electrons. The first-order chi connectivity index (χ1) is 9.74. The summed E-state index contributed by atoms with van der Waals surface area (Å²) in [7, 11) is 0. The largest absolute Gasteiger partial charge is 0.225 e. The van der Waals surface area contributed by atoms with E-state index in [-0.39, 0.29) is 0 Å². The summed E-state index contributed by atoms with van der Waals surface area (Å²) in [4.78, 5) is 21.4. The van der Waals surface area contributed by atoms with E-state index in [0.717, 1.165) is 0 Å². The first kappa shape index (κ1) is 20.9. The molecule has 0 spiro atoms. The molecule has 0 aliphatic heterocycles. The predicted molar refractivity (Wildman–Crippen MR) is 88.8 cm³/mol. The first-order valence-corrected chi connectivity index (χ1v) is 7.29. The van der Waals surface area contributed by atoms with Crippen molar-refractivity contribution in [1.82, 2.24) is 0 Å². The molecule has 0 bridgehead atoms. The minimum absolute atomic E-state index is 0.581. The van der Waals surface area contributed by atoms with Gasteiger partial charge in [0.05, 0.1) is 0 Å². The summed E-state index contributed by atoms with van der Waals surface area (Å²) in [6.07, 6.45) is 3.32. The molecule has 0 saturated heterocycles. The summed E-state index contributed by atoms with van der Waals surface area (Å²) in [5, 5.41) is 0. The van der Waals surface area contributed by atoms with E-state index in [9.17, 15) is 0 Å². The Kier molecular flexibility index (Phi) is 7.05. The van der Waals surface area contributed by atoms with Gasteiger partial charge in [0.1, 0.15) is 11.2 Å². The Balaban J connectivity index is 4.73. The van der Waals surface area contributed by atoms with Crippen LogP contribution in [-0.4, -0.2) is 22.4 Å². The second-order valence-corrected chi connectivity index (χ2v) is 7.22. The van der Waals surface area contributed by atoms with Gasteiger partial charge in [0.2, 0.25) is 0 Å². The Hall–Kier alpha value is -1.12. The fraction of sp³-hybridized carbons (Fsp3) is 0.667. The van der Waals surface area contributed by atoms with Gasteiger partial charge in [-0.15, -0.1) is 13.2 Å². The van der Waals surface area contributed by atoms with E-state index in [1.54, 1.807) is 12.2 Å². The van der Waals surface area contributed by atoms with Crippen molar-refractivity contribution in [1.29, 1.82) is 0 Å². The molecule has 0 unspecified atom stereocenters. The topological polar surface area (TPSA) is 36.9 Å². The Morgan fingerprint density at radius 2 is 0.864 bits per heavy atom. The monoisotopic (exact) mass is 310 g/mol. The molecular formula is C18H30O4. The third-order valence-electron chi connectivity index (χ3n) is 2.58. The lowest BCUT2D eigenvalue weighted by Gasteiger charge is -2.27. The van der Waals surface area contributed by atoms with Crippen molar-refractivity contribution in [3.8, 4) is 11.8 Å². The quantitative estimate of drug-likeness (QED) is 0.289. The fourth-order valence-corrected chi connectivity index (χ4v) is 0.834. The molecule has 4 heteroatoms. The van der Waals surface area contributed by atoms with Crippen molar-refractivity contribution in [2.75, 3.05) is 0 Å². The SMILES string of the molecule is C=CC(C)(C)OOC(C)(C)C#CC(C)(C)OOC(C)(C)C=C. The van der Waals surface area contributed by atoms with Gasteiger partial charge >= 0.3 is 0 Å². The van der Waals surface area contributed by atoms with Crippen LogP contribution in [0.25, 0.3) is 0 Å². The molecule has 4 nitrogen and oxygen atoms in total. The molecule has 0 rings (SSSR count). The van der Waals surface area contributed by atoms with E-state index in [0.29, 0.717) is 0 Å². The second kappa shape index (κ2) is 7.43. The maximum Gasteiger partial charge on any atom is 0.158 e. The lowest BCUT2D eigenvalue weighted by molar-refractivity contribution is -0.379. The third-order valence-corrected chi connectivity index (χ3v) is 2.58. The van der Waals surface area contributed by atoms with Gasteiger partial charge in [-0.2, -0.15) is 0 Å². The van der Waals surface area contributed by atoms with Crippen molar-refractivity contribution in [3.05, 3.63) is 25.3 Å². The van der Waals surface area contributed by atoms with E-state index in [4.69, 9.17) is 19.6 Å². The molecule has 0 radical (unpaired) electrons. The van der Waals surface area contributed by atoms with E-state index < -0.39 is 22.4 Å². The van der Waals surface area contributed by atoms with Gasteiger partial charge in [-0.3, -0.25) is 0 Å². The van der Waals surface area contributed by atoms with Crippen LogP contribution in [0.3, 0.4) is 0 Å². The van der Waals surface area contributed by atoms with Gasteiger partial charge in [-0.1, -0.05) is 24.0 Å². The Bertz CT molecular complexity index is 407. The summed E-state index contributed by atoms with van der Waals surface area (Å²) in [5.41, 5.74) is -2.76. The minimum Gasteiger partial charge on any atom is -0.225 e. The van der Waals surface area contributed by atoms with Crippen LogP contribution in [-0.2, 0) is 19.6 Å². The number of hydrogen-bond donors (Lipinski definition) is 0. The van der Waals surface area contributed by atoms with Crippen molar-refractivity contribution >= 4 is 0 Å². The smallest absolute Gasteiger partial charge is 0.158 e. The molecule has 0 atom stereocenters. The van der Waals surface area contributed by atoms with Crippen LogP contribution in [0.2, 0.25) is 0 Å². The molecule has 0 aromatic heterocycles. The molecule has 0 aliphatic rings. The molecule has 0 fully saturated rings. The Morgan fingerprint density at radius 1 is 0.591 bits per heavy atom. The van der Waals surface area contributed by atoms with Crippen molar-refractivity contribution in [2.24, 2.45) is 0 Å². The standard InChI is InChI=1S/C18H30O4/c1-11-15(3,4)19-21-17(7,8)13-14-18(9,10)22-20-16(5,6)12-2/h11-12H,1-2H2,3-10H3. The van der Waals surface area contributed by atoms with Gasteiger partial charge in [0.15, 0.2) is 11.2 Å². The fourth-order valence-electron chi connectivity index (χ4n) is 0.834. The highest BCUT2D eigenvalue weighted by Crippen LogP contribution is 2.19. The lowest BCUT2D eigenvalue weighted by Crippen LogP contribution is -2.32. The molecule has 0 aromatic rings. The highest BCUT2D eigenvalue weighted by Gasteiger charge is 2.26. The Morgan fingerprint density at radius 3 is 1.09 bits per heavy atom. The molecule has 0 aliphatic carbocycles. The van der Waals surface area contributed by atoms with Crippen molar-refractivity contribution in [3.63, 3.8) is 0 Å². The first-order valence-electron chi connectivity index (χ1n) is 7.29. The van der Waals surface area contributed by atoms with E-state index in [2.05, 4.69) is 25.0 Å². The van der Waals surface area contributed by atoms with Gasteiger partial charge < -0.3 is 0 Å². The van der Waals surface area contributed by atoms with Crippen LogP contribution in [0.4, 0.5) is 0 Å². The van der Waals surface area contributed by atoms with E-state index in [1.807, 2.05) is 55.4 Å². The van der Waals surface area contributed by atoms with Crippen LogP contribution in [0.5, 0.6) is 0 Å². The zero-order chi connectivity index (χ0) is 17.7. The highest BCUT2D eigenvalue weighted by atomic mass is 17.2. The van der Waals surface area contributed by atoms with Gasteiger partial charge in [0, 0.05) is 0 Å². The van der Waals surface area contributed by atoms with Crippen LogP contribution in [0.15, 0.2) is 25.3 Å². The maximum absolute atomic E-state index is 5.39. The summed E-state index contributed by atoms with van der Waals surface area (Å²) in [6, 6.07) is 0. The number of hydrogen-bond acceptors (Lipinski definition) is 4. The maximum atomic E-state index is 5.39. The molecule has 0 heterocycles. The summed E-state index contributed by atoms with van der Waals surface area (Å²) in [6.45, 7) is 22.0. The molecule has 0 saturated carbocycles. The normalized spacial score (nSPS) is 13.3. The third kappa shape index (κ3) is 9.01.